The standard InChI is InChI=1S/C9H16FNO2/c1-2-11-4-3-7(6-11)8(10)5-9(12)13/h7-8H,2-6H2,1H3,(H,12,13). The minimum atomic E-state index is -1.17. The summed E-state index contributed by atoms with van der Waals surface area (Å²) in [7, 11) is 0. The lowest BCUT2D eigenvalue weighted by atomic mass is 10.0. The van der Waals surface area contributed by atoms with Gasteiger partial charge in [0, 0.05) is 12.5 Å². The van der Waals surface area contributed by atoms with Crippen LogP contribution in [-0.4, -0.2) is 41.8 Å². The molecule has 0 aromatic heterocycles. The molecule has 4 heteroatoms. The first-order valence-electron chi connectivity index (χ1n) is 4.71. The van der Waals surface area contributed by atoms with Gasteiger partial charge in [-0.25, -0.2) is 4.39 Å². The van der Waals surface area contributed by atoms with E-state index in [-0.39, 0.29) is 12.3 Å². The van der Waals surface area contributed by atoms with Crippen LogP contribution in [0.15, 0.2) is 0 Å². The number of hydrogen-bond acceptors (Lipinski definition) is 2. The van der Waals surface area contributed by atoms with Crippen molar-refractivity contribution in [2.75, 3.05) is 19.6 Å². The zero-order chi connectivity index (χ0) is 9.84. The van der Waals surface area contributed by atoms with Crippen molar-refractivity contribution in [1.82, 2.24) is 4.90 Å². The van der Waals surface area contributed by atoms with Gasteiger partial charge in [0.1, 0.15) is 6.17 Å². The molecule has 0 aliphatic carbocycles. The van der Waals surface area contributed by atoms with Crippen molar-refractivity contribution >= 4 is 5.97 Å². The number of carbonyl (C=O) groups is 1. The molecule has 3 nitrogen and oxygen atoms in total. The summed E-state index contributed by atoms with van der Waals surface area (Å²) in [6.07, 6.45) is -0.723. The van der Waals surface area contributed by atoms with Gasteiger partial charge >= 0.3 is 5.97 Å². The third-order valence-electron chi connectivity index (χ3n) is 2.64. The molecule has 1 rings (SSSR count). The monoisotopic (exact) mass is 189 g/mol. The third kappa shape index (κ3) is 2.95. The Bertz CT molecular complexity index is 186. The van der Waals surface area contributed by atoms with Gasteiger partial charge in [0.2, 0.25) is 0 Å². The first kappa shape index (κ1) is 10.4. The van der Waals surface area contributed by atoms with Gasteiger partial charge in [-0.2, -0.15) is 0 Å². The highest BCUT2D eigenvalue weighted by Gasteiger charge is 2.29. The van der Waals surface area contributed by atoms with Crippen molar-refractivity contribution in [3.63, 3.8) is 0 Å². The zero-order valence-electron chi connectivity index (χ0n) is 7.87. The van der Waals surface area contributed by atoms with Gasteiger partial charge in [-0.15, -0.1) is 0 Å². The van der Waals surface area contributed by atoms with Crippen molar-refractivity contribution in [2.45, 2.75) is 25.9 Å². The Morgan fingerprint density at radius 3 is 2.92 bits per heavy atom. The second kappa shape index (κ2) is 4.56. The fraction of sp³-hybridized carbons (Fsp3) is 0.889. The second-order valence-electron chi connectivity index (χ2n) is 3.56. The van der Waals surface area contributed by atoms with E-state index in [1.807, 2.05) is 6.92 Å². The maximum absolute atomic E-state index is 13.3. The average molecular weight is 189 g/mol. The Labute approximate surface area is 77.5 Å². The highest BCUT2D eigenvalue weighted by Crippen LogP contribution is 2.23. The van der Waals surface area contributed by atoms with Crippen LogP contribution in [0.2, 0.25) is 0 Å². The number of alkyl halides is 1. The van der Waals surface area contributed by atoms with E-state index < -0.39 is 12.1 Å². The lowest BCUT2D eigenvalue weighted by Crippen LogP contribution is -2.25. The van der Waals surface area contributed by atoms with E-state index in [0.29, 0.717) is 6.54 Å². The molecule has 1 N–H and O–H groups in total. The van der Waals surface area contributed by atoms with E-state index in [0.717, 1.165) is 19.5 Å². The Morgan fingerprint density at radius 2 is 2.46 bits per heavy atom. The van der Waals surface area contributed by atoms with Gasteiger partial charge in [0.05, 0.1) is 6.42 Å². The average Bonchev–Trinajstić information content (AvgIpc) is 2.50. The normalized spacial score (nSPS) is 26.2. The fourth-order valence-corrected chi connectivity index (χ4v) is 1.78. The number of halogens is 1. The molecule has 0 radical (unpaired) electrons. The number of nitrogens with zero attached hydrogens (tertiary/aromatic N) is 1. The first-order chi connectivity index (χ1) is 6.13. The molecule has 0 aromatic carbocycles. The summed E-state index contributed by atoms with van der Waals surface area (Å²) in [4.78, 5) is 12.4. The predicted molar refractivity (Wildman–Crippen MR) is 47.4 cm³/mol. The van der Waals surface area contributed by atoms with Crippen LogP contribution < -0.4 is 0 Å². The second-order valence-corrected chi connectivity index (χ2v) is 3.56. The van der Waals surface area contributed by atoms with Crippen LogP contribution in [-0.2, 0) is 4.79 Å². The number of hydrogen-bond donors (Lipinski definition) is 1. The third-order valence-corrected chi connectivity index (χ3v) is 2.64. The van der Waals surface area contributed by atoms with E-state index >= 15 is 0 Å². The van der Waals surface area contributed by atoms with Gasteiger partial charge in [0.25, 0.3) is 0 Å². The van der Waals surface area contributed by atoms with Crippen LogP contribution in [0.3, 0.4) is 0 Å². The molecule has 2 atom stereocenters. The van der Waals surface area contributed by atoms with Gasteiger partial charge < -0.3 is 10.0 Å². The van der Waals surface area contributed by atoms with Gasteiger partial charge in [-0.1, -0.05) is 6.92 Å². The maximum Gasteiger partial charge on any atom is 0.306 e. The van der Waals surface area contributed by atoms with Crippen molar-refractivity contribution in [1.29, 1.82) is 0 Å². The molecule has 1 aliphatic rings. The number of carboxylic acids is 1. The van der Waals surface area contributed by atoms with Gasteiger partial charge in [0.15, 0.2) is 0 Å². The smallest absolute Gasteiger partial charge is 0.306 e. The van der Waals surface area contributed by atoms with Gasteiger partial charge in [-0.3, -0.25) is 4.79 Å². The predicted octanol–water partition coefficient (Wildman–Crippen LogP) is 1.14. The SMILES string of the molecule is CCN1CCC(C(F)CC(=O)O)C1. The fourth-order valence-electron chi connectivity index (χ4n) is 1.78. The molecule has 0 spiro atoms. The van der Waals surface area contributed by atoms with E-state index in [1.54, 1.807) is 0 Å². The summed E-state index contributed by atoms with van der Waals surface area (Å²) in [6.45, 7) is 4.58. The molecule has 0 amide bonds. The summed E-state index contributed by atoms with van der Waals surface area (Å²) in [6, 6.07) is 0. The molecular weight excluding hydrogens is 173 g/mol. The largest absolute Gasteiger partial charge is 0.481 e. The molecule has 13 heavy (non-hydrogen) atoms. The molecule has 1 fully saturated rings. The molecule has 0 bridgehead atoms. The van der Waals surface area contributed by atoms with Crippen LogP contribution in [0.25, 0.3) is 0 Å². The van der Waals surface area contributed by atoms with Crippen molar-refractivity contribution in [3.05, 3.63) is 0 Å². The number of likely N-dealkylation sites (tertiary alicyclic amines) is 1. The van der Waals surface area contributed by atoms with Crippen LogP contribution in [0.5, 0.6) is 0 Å². The molecule has 1 saturated heterocycles. The van der Waals surface area contributed by atoms with Crippen LogP contribution in [0, 0.1) is 5.92 Å². The topological polar surface area (TPSA) is 40.5 Å². The molecule has 0 aromatic rings. The summed E-state index contributed by atoms with van der Waals surface area (Å²) in [5.74, 6) is -1.11. The first-order valence-corrected chi connectivity index (χ1v) is 4.71. The molecule has 76 valence electrons. The highest BCUT2D eigenvalue weighted by atomic mass is 19.1. The van der Waals surface area contributed by atoms with Gasteiger partial charge in [-0.05, 0) is 19.5 Å². The number of aliphatic carboxylic acids is 1. The minimum absolute atomic E-state index is 0.0731. The molecule has 1 aliphatic heterocycles. The zero-order valence-corrected chi connectivity index (χ0v) is 7.87. The van der Waals surface area contributed by atoms with Crippen molar-refractivity contribution < 1.29 is 14.3 Å². The van der Waals surface area contributed by atoms with E-state index in [9.17, 15) is 9.18 Å². The number of rotatable bonds is 4. The van der Waals surface area contributed by atoms with E-state index in [4.69, 9.17) is 5.11 Å². The lowest BCUT2D eigenvalue weighted by molar-refractivity contribution is -0.138. The van der Waals surface area contributed by atoms with Crippen LogP contribution in [0.4, 0.5) is 4.39 Å². The van der Waals surface area contributed by atoms with Crippen LogP contribution >= 0.6 is 0 Å². The number of carboxylic acid groups (broad SMARTS) is 1. The summed E-state index contributed by atoms with van der Waals surface area (Å²) in [5.41, 5.74) is 0. The quantitative estimate of drug-likeness (QED) is 0.721. The lowest BCUT2D eigenvalue weighted by Gasteiger charge is -2.15. The Hall–Kier alpha value is -0.640. The highest BCUT2D eigenvalue weighted by molar-refractivity contribution is 5.67. The minimum Gasteiger partial charge on any atom is -0.481 e. The summed E-state index contributed by atoms with van der Waals surface area (Å²) in [5, 5.41) is 8.41. The van der Waals surface area contributed by atoms with Crippen molar-refractivity contribution in [2.24, 2.45) is 5.92 Å². The summed E-state index contributed by atoms with van der Waals surface area (Å²) >= 11 is 0. The Kier molecular flexibility index (Phi) is 3.66. The Morgan fingerprint density at radius 1 is 1.77 bits per heavy atom. The molecule has 0 saturated carbocycles. The molecule has 1 heterocycles. The van der Waals surface area contributed by atoms with Crippen molar-refractivity contribution in [3.8, 4) is 0 Å². The van der Waals surface area contributed by atoms with E-state index in [1.165, 1.54) is 0 Å². The molecule has 2 unspecified atom stereocenters. The van der Waals surface area contributed by atoms with E-state index in [2.05, 4.69) is 4.90 Å². The maximum atomic E-state index is 13.3. The summed E-state index contributed by atoms with van der Waals surface area (Å²) < 4.78 is 13.3. The molecular formula is C9H16FNO2. The van der Waals surface area contributed by atoms with Crippen LogP contribution in [0.1, 0.15) is 19.8 Å². The Balaban J connectivity index is 2.32.